The zero-order valence-electron chi connectivity index (χ0n) is 18.6. The molecule has 1 saturated heterocycles. The standard InChI is InChI=1S/C22H26ClF3N4O5/c23-12-1-4-15(29-17(31)5-7-22(24,25)26)14(10-12)20(34)30-16(9-11-6-8-27-19(11)33)18(32)21(35)28-13-2-3-13/h1,4,10-11,13,16,20,30,34H,2-3,5-9H2,(H,27,33)(H,28,35)(H,29,31)/t11-,16-,20?/m0/s1. The van der Waals surface area contributed by atoms with Crippen molar-refractivity contribution in [1.82, 2.24) is 16.0 Å². The molecule has 1 saturated carbocycles. The molecular weight excluding hydrogens is 493 g/mol. The first-order chi connectivity index (χ1) is 16.4. The third-order valence-corrected chi connectivity index (χ3v) is 5.95. The molecule has 1 aromatic carbocycles. The lowest BCUT2D eigenvalue weighted by atomic mass is 9.95. The van der Waals surface area contributed by atoms with E-state index in [4.69, 9.17) is 11.6 Å². The summed E-state index contributed by atoms with van der Waals surface area (Å²) in [5, 5.41) is 21.2. The summed E-state index contributed by atoms with van der Waals surface area (Å²) in [6.45, 7) is 0.420. The van der Waals surface area contributed by atoms with Crippen LogP contribution in [0.25, 0.3) is 0 Å². The van der Waals surface area contributed by atoms with Crippen molar-refractivity contribution in [1.29, 1.82) is 0 Å². The molecule has 3 rings (SSSR count). The minimum atomic E-state index is -4.51. The summed E-state index contributed by atoms with van der Waals surface area (Å²) in [6.07, 6.45) is -6.40. The monoisotopic (exact) mass is 518 g/mol. The van der Waals surface area contributed by atoms with E-state index in [9.17, 15) is 37.5 Å². The van der Waals surface area contributed by atoms with E-state index in [0.29, 0.717) is 13.0 Å². The van der Waals surface area contributed by atoms with Crippen LogP contribution in [0.4, 0.5) is 18.9 Å². The van der Waals surface area contributed by atoms with Crippen molar-refractivity contribution < 1.29 is 37.5 Å². The molecule has 1 aliphatic carbocycles. The van der Waals surface area contributed by atoms with Gasteiger partial charge in [0, 0.05) is 41.2 Å². The van der Waals surface area contributed by atoms with Crippen molar-refractivity contribution in [3.63, 3.8) is 0 Å². The second-order valence-electron chi connectivity index (χ2n) is 8.64. The molecule has 2 fully saturated rings. The molecular formula is C22H26ClF3N4O5. The van der Waals surface area contributed by atoms with Crippen LogP contribution in [0.15, 0.2) is 18.2 Å². The van der Waals surface area contributed by atoms with Crippen LogP contribution < -0.4 is 21.3 Å². The molecule has 0 spiro atoms. The number of carbonyl (C=O) groups excluding carboxylic acids is 4. The fraction of sp³-hybridized carbons (Fsp3) is 0.545. The van der Waals surface area contributed by atoms with Gasteiger partial charge in [0.15, 0.2) is 0 Å². The normalized spacial score (nSPS) is 19.6. The quantitative estimate of drug-likeness (QED) is 0.224. The number of alkyl halides is 3. The number of hydrogen-bond acceptors (Lipinski definition) is 6. The van der Waals surface area contributed by atoms with Gasteiger partial charge in [0.1, 0.15) is 6.23 Å². The predicted octanol–water partition coefficient (Wildman–Crippen LogP) is 1.94. The van der Waals surface area contributed by atoms with Crippen molar-refractivity contribution in [2.24, 2.45) is 5.92 Å². The number of nitrogens with one attached hydrogen (secondary N) is 4. The number of carbonyl (C=O) groups is 4. The minimum Gasteiger partial charge on any atom is -0.374 e. The minimum absolute atomic E-state index is 0.0193. The first-order valence-corrected chi connectivity index (χ1v) is 11.5. The zero-order chi connectivity index (χ0) is 25.8. The summed E-state index contributed by atoms with van der Waals surface area (Å²) in [7, 11) is 0. The van der Waals surface area contributed by atoms with Crippen LogP contribution in [-0.4, -0.2) is 53.4 Å². The van der Waals surface area contributed by atoms with Crippen LogP contribution in [0, 0.1) is 5.92 Å². The molecule has 3 atom stereocenters. The average Bonchev–Trinajstić information content (AvgIpc) is 3.51. The summed E-state index contributed by atoms with van der Waals surface area (Å²) < 4.78 is 37.3. The third kappa shape index (κ3) is 8.18. The van der Waals surface area contributed by atoms with Gasteiger partial charge in [-0.3, -0.25) is 24.5 Å². The van der Waals surface area contributed by atoms with Gasteiger partial charge < -0.3 is 21.1 Å². The van der Waals surface area contributed by atoms with E-state index in [-0.39, 0.29) is 34.6 Å². The lowest BCUT2D eigenvalue weighted by Gasteiger charge is -2.25. The second kappa shape index (κ2) is 11.4. The number of ketones is 1. The van der Waals surface area contributed by atoms with Gasteiger partial charge in [0.05, 0.1) is 12.5 Å². The summed E-state index contributed by atoms with van der Waals surface area (Å²) in [5.41, 5.74) is -0.0389. The largest absolute Gasteiger partial charge is 0.389 e. The maximum Gasteiger partial charge on any atom is 0.389 e. The van der Waals surface area contributed by atoms with Crippen LogP contribution in [0.1, 0.15) is 50.3 Å². The second-order valence-corrected chi connectivity index (χ2v) is 9.08. The Balaban J connectivity index is 1.76. The Morgan fingerprint density at radius 1 is 1.20 bits per heavy atom. The summed E-state index contributed by atoms with van der Waals surface area (Å²) in [5.74, 6) is -3.48. The Bertz CT molecular complexity index is 986. The smallest absolute Gasteiger partial charge is 0.374 e. The van der Waals surface area contributed by atoms with Crippen molar-refractivity contribution in [2.45, 2.75) is 63.0 Å². The maximum absolute atomic E-state index is 12.9. The molecule has 13 heteroatoms. The number of hydrogen-bond donors (Lipinski definition) is 5. The number of aliphatic hydroxyl groups is 1. The van der Waals surface area contributed by atoms with Gasteiger partial charge in [-0.15, -0.1) is 0 Å². The number of amides is 3. The first-order valence-electron chi connectivity index (χ1n) is 11.2. The van der Waals surface area contributed by atoms with Gasteiger partial charge >= 0.3 is 6.18 Å². The van der Waals surface area contributed by atoms with E-state index in [0.717, 1.165) is 12.8 Å². The highest BCUT2D eigenvalue weighted by atomic mass is 35.5. The predicted molar refractivity (Wildman–Crippen MR) is 119 cm³/mol. The highest BCUT2D eigenvalue weighted by molar-refractivity contribution is 6.38. The molecule has 0 radical (unpaired) electrons. The molecule has 0 bridgehead atoms. The van der Waals surface area contributed by atoms with Gasteiger partial charge in [0.25, 0.3) is 5.91 Å². The van der Waals surface area contributed by atoms with Crippen LogP contribution in [0.5, 0.6) is 0 Å². The molecule has 192 valence electrons. The molecule has 2 aliphatic rings. The molecule has 3 amide bonds. The Labute approximate surface area is 204 Å². The van der Waals surface area contributed by atoms with E-state index in [1.165, 1.54) is 18.2 Å². The Morgan fingerprint density at radius 2 is 1.91 bits per heavy atom. The van der Waals surface area contributed by atoms with E-state index in [2.05, 4.69) is 21.3 Å². The highest BCUT2D eigenvalue weighted by Crippen LogP contribution is 2.28. The van der Waals surface area contributed by atoms with Gasteiger partial charge in [0.2, 0.25) is 17.6 Å². The molecule has 1 heterocycles. The Kier molecular flexibility index (Phi) is 8.73. The zero-order valence-corrected chi connectivity index (χ0v) is 19.3. The number of halogens is 4. The van der Waals surface area contributed by atoms with E-state index in [1.807, 2.05) is 0 Å². The SMILES string of the molecule is O=C(CCC(F)(F)F)Nc1ccc(Cl)cc1C(O)N[C@@H](C[C@@H]1CCNC1=O)C(=O)C(=O)NC1CC1. The number of aliphatic hydroxyl groups excluding tert-OH is 1. The van der Waals surface area contributed by atoms with Crippen LogP contribution in [-0.2, 0) is 19.2 Å². The van der Waals surface area contributed by atoms with Crippen LogP contribution in [0.2, 0.25) is 5.02 Å². The number of anilines is 1. The fourth-order valence-corrected chi connectivity index (χ4v) is 3.85. The van der Waals surface area contributed by atoms with Crippen molar-refractivity contribution >= 4 is 40.8 Å². The Hall–Kier alpha value is -2.70. The van der Waals surface area contributed by atoms with E-state index >= 15 is 0 Å². The van der Waals surface area contributed by atoms with Crippen molar-refractivity contribution in [3.8, 4) is 0 Å². The average molecular weight is 519 g/mol. The molecule has 9 nitrogen and oxygen atoms in total. The molecule has 5 N–H and O–H groups in total. The molecule has 1 aromatic rings. The number of benzene rings is 1. The van der Waals surface area contributed by atoms with Gasteiger partial charge in [-0.25, -0.2) is 0 Å². The van der Waals surface area contributed by atoms with Crippen LogP contribution >= 0.6 is 11.6 Å². The Morgan fingerprint density at radius 3 is 2.51 bits per heavy atom. The molecule has 35 heavy (non-hydrogen) atoms. The topological polar surface area (TPSA) is 137 Å². The lowest BCUT2D eigenvalue weighted by Crippen LogP contribution is -2.48. The first kappa shape index (κ1) is 26.9. The maximum atomic E-state index is 12.9. The number of Topliss-reactive ketones (excluding diaryl/α,β-unsaturated/α-hetero) is 1. The third-order valence-electron chi connectivity index (χ3n) is 5.71. The summed E-state index contributed by atoms with van der Waals surface area (Å²) in [6, 6.07) is 2.61. The van der Waals surface area contributed by atoms with Crippen molar-refractivity contribution in [3.05, 3.63) is 28.8 Å². The molecule has 0 aromatic heterocycles. The van der Waals surface area contributed by atoms with E-state index in [1.54, 1.807) is 0 Å². The summed E-state index contributed by atoms with van der Waals surface area (Å²) in [4.78, 5) is 49.3. The summed E-state index contributed by atoms with van der Waals surface area (Å²) >= 11 is 6.00. The van der Waals surface area contributed by atoms with Gasteiger partial charge in [-0.1, -0.05) is 11.6 Å². The number of rotatable bonds is 11. The van der Waals surface area contributed by atoms with E-state index < -0.39 is 54.8 Å². The van der Waals surface area contributed by atoms with Gasteiger partial charge in [-0.05, 0) is 43.9 Å². The highest BCUT2D eigenvalue weighted by Gasteiger charge is 2.36. The van der Waals surface area contributed by atoms with Crippen molar-refractivity contribution in [2.75, 3.05) is 11.9 Å². The van der Waals surface area contributed by atoms with Crippen LogP contribution in [0.3, 0.4) is 0 Å². The lowest BCUT2D eigenvalue weighted by molar-refractivity contribution is -0.142. The van der Waals surface area contributed by atoms with Gasteiger partial charge in [-0.2, -0.15) is 13.2 Å². The fourth-order valence-electron chi connectivity index (χ4n) is 3.67. The molecule has 1 aliphatic heterocycles. The molecule has 1 unspecified atom stereocenters.